The first-order valence-corrected chi connectivity index (χ1v) is 6.76. The van der Waals surface area contributed by atoms with E-state index in [1.165, 1.54) is 0 Å². The van der Waals surface area contributed by atoms with Crippen LogP contribution in [0.1, 0.15) is 29.3 Å². The van der Waals surface area contributed by atoms with Crippen LogP contribution in [0, 0.1) is 12.8 Å². The predicted molar refractivity (Wildman–Crippen MR) is 75.4 cm³/mol. The highest BCUT2D eigenvalue weighted by Crippen LogP contribution is 2.18. The fourth-order valence-corrected chi connectivity index (χ4v) is 2.72. The van der Waals surface area contributed by atoms with E-state index in [2.05, 4.69) is 24.2 Å². The molecule has 2 atom stereocenters. The second-order valence-electron chi connectivity index (χ2n) is 5.61. The Morgan fingerprint density at radius 1 is 1.47 bits per heavy atom. The second kappa shape index (κ2) is 5.61. The largest absolute Gasteiger partial charge is 0.508 e. The fourth-order valence-electron chi connectivity index (χ4n) is 2.72. The van der Waals surface area contributed by atoms with Crippen molar-refractivity contribution in [2.45, 2.75) is 26.3 Å². The Kier molecular flexibility index (Phi) is 4.10. The van der Waals surface area contributed by atoms with Crippen LogP contribution in [-0.2, 0) is 0 Å². The Labute approximate surface area is 114 Å². The summed E-state index contributed by atoms with van der Waals surface area (Å²) in [5.41, 5.74) is 1.45. The molecule has 0 aliphatic carbocycles. The van der Waals surface area contributed by atoms with Gasteiger partial charge in [-0.3, -0.25) is 4.79 Å². The molecule has 2 rings (SSSR count). The van der Waals surface area contributed by atoms with Crippen LogP contribution in [0.25, 0.3) is 0 Å². The molecule has 1 fully saturated rings. The Hall–Kier alpha value is -1.55. The van der Waals surface area contributed by atoms with Crippen molar-refractivity contribution in [3.8, 4) is 5.75 Å². The minimum atomic E-state index is -0.0427. The standard InChI is InChI=1S/C15H22N2O2/c1-10-8-12(18)4-5-13(10)15(19)16-14-6-7-17(3)9-11(14)2/h4-5,8,11,14,18H,6-7,9H2,1-3H3,(H,16,19). The van der Waals surface area contributed by atoms with E-state index in [4.69, 9.17) is 0 Å². The number of phenols is 1. The highest BCUT2D eigenvalue weighted by Gasteiger charge is 2.26. The van der Waals surface area contributed by atoms with Crippen LogP contribution < -0.4 is 5.32 Å². The number of aromatic hydroxyl groups is 1. The average molecular weight is 262 g/mol. The number of hydrogen-bond donors (Lipinski definition) is 2. The van der Waals surface area contributed by atoms with Crippen LogP contribution in [0.2, 0.25) is 0 Å². The van der Waals surface area contributed by atoms with Gasteiger partial charge < -0.3 is 15.3 Å². The van der Waals surface area contributed by atoms with Crippen LogP contribution in [0.4, 0.5) is 0 Å². The van der Waals surface area contributed by atoms with Gasteiger partial charge in [-0.1, -0.05) is 6.92 Å². The molecule has 1 aliphatic heterocycles. The number of carbonyl (C=O) groups excluding carboxylic acids is 1. The maximum absolute atomic E-state index is 12.3. The van der Waals surface area contributed by atoms with Gasteiger partial charge in [0.2, 0.25) is 0 Å². The molecule has 104 valence electrons. The molecule has 0 bridgehead atoms. The Balaban J connectivity index is 2.04. The molecule has 0 aromatic heterocycles. The van der Waals surface area contributed by atoms with Crippen molar-refractivity contribution < 1.29 is 9.90 Å². The zero-order valence-electron chi connectivity index (χ0n) is 11.8. The number of amides is 1. The Morgan fingerprint density at radius 2 is 2.21 bits per heavy atom. The van der Waals surface area contributed by atoms with Crippen molar-refractivity contribution in [3.05, 3.63) is 29.3 Å². The van der Waals surface area contributed by atoms with E-state index >= 15 is 0 Å². The summed E-state index contributed by atoms with van der Waals surface area (Å²) < 4.78 is 0. The topological polar surface area (TPSA) is 52.6 Å². The number of benzene rings is 1. The van der Waals surface area contributed by atoms with Crippen molar-refractivity contribution in [1.82, 2.24) is 10.2 Å². The minimum Gasteiger partial charge on any atom is -0.508 e. The first-order valence-electron chi connectivity index (χ1n) is 6.76. The lowest BCUT2D eigenvalue weighted by molar-refractivity contribution is 0.0883. The molecule has 0 radical (unpaired) electrons. The van der Waals surface area contributed by atoms with Crippen LogP contribution in [0.15, 0.2) is 18.2 Å². The maximum atomic E-state index is 12.3. The third-order valence-electron chi connectivity index (χ3n) is 3.88. The zero-order valence-corrected chi connectivity index (χ0v) is 11.8. The molecule has 1 heterocycles. The van der Waals surface area contributed by atoms with E-state index in [9.17, 15) is 9.90 Å². The summed E-state index contributed by atoms with van der Waals surface area (Å²) in [6, 6.07) is 5.09. The van der Waals surface area contributed by atoms with Gasteiger partial charge in [0, 0.05) is 18.2 Å². The molecular weight excluding hydrogens is 240 g/mol. The van der Waals surface area contributed by atoms with Gasteiger partial charge in [0.15, 0.2) is 0 Å². The van der Waals surface area contributed by atoms with Crippen molar-refractivity contribution in [1.29, 1.82) is 0 Å². The fraction of sp³-hybridized carbons (Fsp3) is 0.533. The second-order valence-corrected chi connectivity index (χ2v) is 5.61. The van der Waals surface area contributed by atoms with Crippen molar-refractivity contribution >= 4 is 5.91 Å². The summed E-state index contributed by atoms with van der Waals surface area (Å²) in [7, 11) is 2.11. The maximum Gasteiger partial charge on any atom is 0.251 e. The van der Waals surface area contributed by atoms with Crippen molar-refractivity contribution in [2.24, 2.45) is 5.92 Å². The van der Waals surface area contributed by atoms with Crippen LogP contribution in [-0.4, -0.2) is 42.1 Å². The van der Waals surface area contributed by atoms with E-state index in [1.54, 1.807) is 18.2 Å². The van der Waals surface area contributed by atoms with Crippen LogP contribution in [0.3, 0.4) is 0 Å². The first kappa shape index (κ1) is 13.9. The van der Waals surface area contributed by atoms with Gasteiger partial charge in [0.25, 0.3) is 5.91 Å². The number of rotatable bonds is 2. The van der Waals surface area contributed by atoms with Crippen LogP contribution >= 0.6 is 0 Å². The van der Waals surface area contributed by atoms with E-state index in [-0.39, 0.29) is 17.7 Å². The summed E-state index contributed by atoms with van der Waals surface area (Å²) >= 11 is 0. The van der Waals surface area contributed by atoms with Crippen LogP contribution in [0.5, 0.6) is 5.75 Å². The number of piperidine rings is 1. The van der Waals surface area contributed by atoms with Gasteiger partial charge in [-0.25, -0.2) is 0 Å². The number of carbonyl (C=O) groups is 1. The molecule has 19 heavy (non-hydrogen) atoms. The lowest BCUT2D eigenvalue weighted by Crippen LogP contribution is -2.48. The summed E-state index contributed by atoms with van der Waals surface area (Å²) in [4.78, 5) is 14.6. The molecule has 1 aromatic carbocycles. The van der Waals surface area contributed by atoms with E-state index in [0.29, 0.717) is 11.5 Å². The summed E-state index contributed by atoms with van der Waals surface area (Å²) in [6.45, 7) is 6.04. The molecule has 2 N–H and O–H groups in total. The molecule has 4 nitrogen and oxygen atoms in total. The molecule has 0 saturated carbocycles. The normalized spacial score (nSPS) is 24.2. The van der Waals surface area contributed by atoms with E-state index in [1.807, 2.05) is 6.92 Å². The quantitative estimate of drug-likeness (QED) is 0.854. The van der Waals surface area contributed by atoms with Gasteiger partial charge in [-0.05, 0) is 56.6 Å². The smallest absolute Gasteiger partial charge is 0.251 e. The molecule has 1 saturated heterocycles. The molecule has 4 heteroatoms. The number of nitrogens with zero attached hydrogens (tertiary/aromatic N) is 1. The SMILES string of the molecule is Cc1cc(O)ccc1C(=O)NC1CCN(C)CC1C. The molecule has 1 amide bonds. The third kappa shape index (κ3) is 3.26. The van der Waals surface area contributed by atoms with Gasteiger partial charge in [-0.15, -0.1) is 0 Å². The molecule has 0 spiro atoms. The summed E-state index contributed by atoms with van der Waals surface area (Å²) in [5.74, 6) is 0.612. The lowest BCUT2D eigenvalue weighted by Gasteiger charge is -2.35. The number of aryl methyl sites for hydroxylation is 1. The highest BCUT2D eigenvalue weighted by molar-refractivity contribution is 5.96. The molecule has 1 aromatic rings. The molecule has 2 unspecified atom stereocenters. The highest BCUT2D eigenvalue weighted by atomic mass is 16.3. The summed E-state index contributed by atoms with van der Waals surface area (Å²) in [6.07, 6.45) is 0.987. The Bertz CT molecular complexity index is 473. The van der Waals surface area contributed by atoms with E-state index < -0.39 is 0 Å². The number of phenolic OH excluding ortho intramolecular Hbond substituents is 1. The summed E-state index contributed by atoms with van der Waals surface area (Å²) in [5, 5.41) is 12.5. The van der Waals surface area contributed by atoms with Gasteiger partial charge in [-0.2, -0.15) is 0 Å². The first-order chi connectivity index (χ1) is 8.97. The van der Waals surface area contributed by atoms with E-state index in [0.717, 1.165) is 25.1 Å². The number of likely N-dealkylation sites (tertiary alicyclic amines) is 1. The van der Waals surface area contributed by atoms with Gasteiger partial charge in [0.1, 0.15) is 5.75 Å². The predicted octanol–water partition coefficient (Wildman–Crippen LogP) is 1.77. The zero-order chi connectivity index (χ0) is 14.0. The third-order valence-corrected chi connectivity index (χ3v) is 3.88. The Morgan fingerprint density at radius 3 is 2.84 bits per heavy atom. The van der Waals surface area contributed by atoms with Gasteiger partial charge >= 0.3 is 0 Å². The molecule has 1 aliphatic rings. The number of hydrogen-bond acceptors (Lipinski definition) is 3. The average Bonchev–Trinajstić information content (AvgIpc) is 2.32. The van der Waals surface area contributed by atoms with Gasteiger partial charge in [0.05, 0.1) is 0 Å². The number of nitrogens with one attached hydrogen (secondary N) is 1. The monoisotopic (exact) mass is 262 g/mol. The van der Waals surface area contributed by atoms with Crippen molar-refractivity contribution in [3.63, 3.8) is 0 Å². The molecular formula is C15H22N2O2. The lowest BCUT2D eigenvalue weighted by atomic mass is 9.93. The minimum absolute atomic E-state index is 0.0427. The van der Waals surface area contributed by atoms with Crippen molar-refractivity contribution in [2.75, 3.05) is 20.1 Å².